The number of nitrogens with one attached hydrogen (secondary N) is 1. The largest absolute Gasteiger partial charge is 0.309 e. The van der Waals surface area contributed by atoms with Gasteiger partial charge in [-0.25, -0.2) is 9.37 Å². The number of fused-ring (bicyclic) bond motifs is 1. The minimum atomic E-state index is -0.189. The Labute approximate surface area is 143 Å². The van der Waals surface area contributed by atoms with E-state index in [1.807, 2.05) is 31.3 Å². The van der Waals surface area contributed by atoms with Gasteiger partial charge in [0.2, 0.25) is 0 Å². The molecule has 4 nitrogen and oxygen atoms in total. The lowest BCUT2D eigenvalue weighted by molar-refractivity contribution is 0.339. The van der Waals surface area contributed by atoms with Crippen molar-refractivity contribution in [3.8, 4) is 0 Å². The van der Waals surface area contributed by atoms with Crippen molar-refractivity contribution < 1.29 is 4.39 Å². The van der Waals surface area contributed by atoms with Crippen molar-refractivity contribution >= 4 is 22.7 Å². The molecule has 2 aromatic carbocycles. The molecule has 0 saturated carbocycles. The topological polar surface area (TPSA) is 49.0 Å². The second-order valence-electron chi connectivity index (χ2n) is 5.55. The number of para-hydroxylation sites is 1. The predicted octanol–water partition coefficient (Wildman–Crippen LogP) is 3.29. The molecular formula is C18H18FN3OS. The van der Waals surface area contributed by atoms with E-state index in [0.717, 1.165) is 12.3 Å². The second-order valence-corrected chi connectivity index (χ2v) is 6.68. The van der Waals surface area contributed by atoms with E-state index in [1.165, 1.54) is 17.8 Å². The van der Waals surface area contributed by atoms with E-state index in [1.54, 1.807) is 18.2 Å². The summed E-state index contributed by atoms with van der Waals surface area (Å²) >= 11 is 1.48. The van der Waals surface area contributed by atoms with Gasteiger partial charge >= 0.3 is 0 Å². The van der Waals surface area contributed by atoms with Gasteiger partial charge < -0.3 is 4.98 Å². The fourth-order valence-corrected chi connectivity index (χ4v) is 3.42. The monoisotopic (exact) mass is 343 g/mol. The SMILES string of the molecule is CN(CCSc1ccccc1F)Cc1nc2ccccc2c(=O)[nH]1. The number of hydrogen-bond acceptors (Lipinski definition) is 4. The lowest BCUT2D eigenvalue weighted by atomic mass is 10.2. The van der Waals surface area contributed by atoms with Gasteiger partial charge in [-0.2, -0.15) is 0 Å². The third-order valence-corrected chi connectivity index (χ3v) is 4.68. The average molecular weight is 343 g/mol. The maximum atomic E-state index is 13.6. The lowest BCUT2D eigenvalue weighted by Crippen LogP contribution is -2.24. The van der Waals surface area contributed by atoms with Crippen molar-refractivity contribution in [2.45, 2.75) is 11.4 Å². The Morgan fingerprint density at radius 2 is 1.92 bits per heavy atom. The van der Waals surface area contributed by atoms with Gasteiger partial charge in [-0.1, -0.05) is 24.3 Å². The molecule has 3 rings (SSSR count). The van der Waals surface area contributed by atoms with Crippen LogP contribution in [0.2, 0.25) is 0 Å². The highest BCUT2D eigenvalue weighted by atomic mass is 32.2. The van der Waals surface area contributed by atoms with Gasteiger partial charge in [0.25, 0.3) is 5.56 Å². The van der Waals surface area contributed by atoms with Crippen LogP contribution in [0.3, 0.4) is 0 Å². The van der Waals surface area contributed by atoms with Crippen molar-refractivity contribution in [2.75, 3.05) is 19.3 Å². The van der Waals surface area contributed by atoms with Gasteiger partial charge in [0.1, 0.15) is 11.6 Å². The van der Waals surface area contributed by atoms with Gasteiger partial charge in [-0.15, -0.1) is 11.8 Å². The van der Waals surface area contributed by atoms with Gasteiger partial charge in [0, 0.05) is 17.2 Å². The zero-order valence-electron chi connectivity index (χ0n) is 13.3. The smallest absolute Gasteiger partial charge is 0.258 e. The molecule has 0 atom stereocenters. The van der Waals surface area contributed by atoms with E-state index in [0.29, 0.717) is 28.2 Å². The Morgan fingerprint density at radius 3 is 2.75 bits per heavy atom. The number of aromatic amines is 1. The van der Waals surface area contributed by atoms with Gasteiger partial charge in [-0.05, 0) is 31.3 Å². The van der Waals surface area contributed by atoms with Crippen LogP contribution in [-0.4, -0.2) is 34.2 Å². The molecule has 1 heterocycles. The lowest BCUT2D eigenvalue weighted by Gasteiger charge is -2.16. The van der Waals surface area contributed by atoms with Crippen LogP contribution in [0.4, 0.5) is 4.39 Å². The Kier molecular flexibility index (Phi) is 5.27. The molecule has 3 aromatic rings. The highest BCUT2D eigenvalue weighted by Gasteiger charge is 2.07. The number of H-pyrrole nitrogens is 1. The molecule has 24 heavy (non-hydrogen) atoms. The van der Waals surface area contributed by atoms with Crippen LogP contribution in [0.25, 0.3) is 10.9 Å². The molecule has 1 N–H and O–H groups in total. The fourth-order valence-electron chi connectivity index (χ4n) is 2.42. The predicted molar refractivity (Wildman–Crippen MR) is 95.8 cm³/mol. The zero-order valence-corrected chi connectivity index (χ0v) is 14.1. The summed E-state index contributed by atoms with van der Waals surface area (Å²) in [5.74, 6) is 1.21. The number of rotatable bonds is 6. The van der Waals surface area contributed by atoms with E-state index in [4.69, 9.17) is 0 Å². The molecule has 0 amide bonds. The van der Waals surface area contributed by atoms with Crippen LogP contribution in [0.5, 0.6) is 0 Å². The maximum absolute atomic E-state index is 13.6. The molecule has 0 unspecified atom stereocenters. The number of halogens is 1. The summed E-state index contributed by atoms with van der Waals surface area (Å²) in [6.45, 7) is 1.30. The Bertz CT molecular complexity index is 897. The van der Waals surface area contributed by atoms with Crippen molar-refractivity contribution in [2.24, 2.45) is 0 Å². The number of aromatic nitrogens is 2. The van der Waals surface area contributed by atoms with Crippen molar-refractivity contribution in [3.63, 3.8) is 0 Å². The molecule has 0 saturated heterocycles. The van der Waals surface area contributed by atoms with E-state index >= 15 is 0 Å². The van der Waals surface area contributed by atoms with Crippen molar-refractivity contribution in [3.05, 3.63) is 70.5 Å². The molecule has 0 bridgehead atoms. The minimum absolute atomic E-state index is 0.121. The normalized spacial score (nSPS) is 11.3. The van der Waals surface area contributed by atoms with Gasteiger partial charge in [0.05, 0.1) is 17.4 Å². The van der Waals surface area contributed by atoms with Gasteiger partial charge in [0.15, 0.2) is 0 Å². The summed E-state index contributed by atoms with van der Waals surface area (Å²) < 4.78 is 13.6. The maximum Gasteiger partial charge on any atom is 0.258 e. The number of nitrogens with zero attached hydrogens (tertiary/aromatic N) is 2. The molecule has 0 aliphatic carbocycles. The third-order valence-electron chi connectivity index (χ3n) is 3.65. The van der Waals surface area contributed by atoms with Crippen LogP contribution in [-0.2, 0) is 6.54 Å². The number of thioether (sulfide) groups is 1. The molecule has 0 spiro atoms. The van der Waals surface area contributed by atoms with E-state index in [-0.39, 0.29) is 11.4 Å². The van der Waals surface area contributed by atoms with Crippen molar-refractivity contribution in [1.82, 2.24) is 14.9 Å². The molecule has 1 aromatic heterocycles. The Morgan fingerprint density at radius 1 is 1.17 bits per heavy atom. The standard InChI is InChI=1S/C18H18FN3OS/c1-22(10-11-24-16-9-5-3-7-14(16)19)12-17-20-15-8-4-2-6-13(15)18(23)21-17/h2-9H,10-12H2,1H3,(H,20,21,23). The first-order valence-corrected chi connectivity index (χ1v) is 8.66. The molecule has 0 aliphatic heterocycles. The van der Waals surface area contributed by atoms with Crippen LogP contribution in [0, 0.1) is 5.82 Å². The summed E-state index contributed by atoms with van der Waals surface area (Å²) in [6.07, 6.45) is 0. The number of hydrogen-bond donors (Lipinski definition) is 1. The third kappa shape index (κ3) is 4.01. The molecule has 0 aliphatic rings. The molecule has 6 heteroatoms. The molecule has 124 valence electrons. The highest BCUT2D eigenvalue weighted by molar-refractivity contribution is 7.99. The highest BCUT2D eigenvalue weighted by Crippen LogP contribution is 2.21. The first-order chi connectivity index (χ1) is 11.6. The van der Waals surface area contributed by atoms with E-state index in [2.05, 4.69) is 14.9 Å². The molecule has 0 fully saturated rings. The summed E-state index contributed by atoms with van der Waals surface area (Å²) in [5.41, 5.74) is 0.579. The van der Waals surface area contributed by atoms with E-state index < -0.39 is 0 Å². The Balaban J connectivity index is 1.60. The van der Waals surface area contributed by atoms with Crippen LogP contribution < -0.4 is 5.56 Å². The summed E-state index contributed by atoms with van der Waals surface area (Å²) in [6, 6.07) is 14.1. The Hall–Kier alpha value is -2.18. The fraction of sp³-hybridized carbons (Fsp3) is 0.222. The zero-order chi connectivity index (χ0) is 16.9. The van der Waals surface area contributed by atoms with E-state index in [9.17, 15) is 9.18 Å². The first-order valence-electron chi connectivity index (χ1n) is 7.67. The van der Waals surface area contributed by atoms with Gasteiger partial charge in [-0.3, -0.25) is 9.69 Å². The molecule has 0 radical (unpaired) electrons. The van der Waals surface area contributed by atoms with Crippen LogP contribution >= 0.6 is 11.8 Å². The second kappa shape index (κ2) is 7.59. The van der Waals surface area contributed by atoms with Crippen LogP contribution in [0.1, 0.15) is 5.82 Å². The van der Waals surface area contributed by atoms with Crippen molar-refractivity contribution in [1.29, 1.82) is 0 Å². The van der Waals surface area contributed by atoms with Crippen LogP contribution in [0.15, 0.2) is 58.2 Å². The minimum Gasteiger partial charge on any atom is -0.309 e. The first kappa shape index (κ1) is 16.7. The summed E-state index contributed by atoms with van der Waals surface area (Å²) in [4.78, 5) is 22.1. The molecular weight excluding hydrogens is 325 g/mol. The summed E-state index contributed by atoms with van der Waals surface area (Å²) in [7, 11) is 1.96. The number of benzene rings is 2. The average Bonchev–Trinajstić information content (AvgIpc) is 2.57. The summed E-state index contributed by atoms with van der Waals surface area (Å²) in [5, 5.41) is 0.596. The quantitative estimate of drug-likeness (QED) is 0.698.